The van der Waals surface area contributed by atoms with Gasteiger partial charge >= 0.3 is 0 Å². The molecule has 0 aliphatic carbocycles. The Morgan fingerprint density at radius 1 is 1.14 bits per heavy atom. The first-order valence-corrected chi connectivity index (χ1v) is 5.06. The number of nitrogens with two attached hydrogens (primary N) is 1. The molecular weight excluding hydrogens is 293 g/mol. The predicted molar refractivity (Wildman–Crippen MR) is 63.5 cm³/mol. The smallest absolute Gasteiger partial charge is 0.145 e. The molecule has 0 fully saturated rings. The van der Waals surface area contributed by atoms with Crippen molar-refractivity contribution in [1.82, 2.24) is 19.6 Å². The summed E-state index contributed by atoms with van der Waals surface area (Å²) >= 11 is 2.17. The molecule has 0 aliphatic rings. The van der Waals surface area contributed by atoms with Crippen LogP contribution in [0, 0.1) is 3.70 Å². The molecular formula is C8H12IN5. The fourth-order valence-corrected chi connectivity index (χ4v) is 1.32. The van der Waals surface area contributed by atoms with Gasteiger partial charge < -0.3 is 5.73 Å². The van der Waals surface area contributed by atoms with E-state index < -0.39 is 0 Å². The maximum atomic E-state index is 5.25. The molecule has 2 rings (SSSR count). The van der Waals surface area contributed by atoms with Crippen LogP contribution in [0.15, 0.2) is 24.5 Å². The normalized spacial score (nSPS) is 9.36. The van der Waals surface area contributed by atoms with Gasteiger partial charge in [0, 0.05) is 26.5 Å². The van der Waals surface area contributed by atoms with Gasteiger partial charge in [-0.05, 0) is 34.7 Å². The minimum atomic E-state index is 0.572. The van der Waals surface area contributed by atoms with Crippen molar-refractivity contribution in [1.29, 1.82) is 0 Å². The molecule has 14 heavy (non-hydrogen) atoms. The molecule has 6 heteroatoms. The van der Waals surface area contributed by atoms with Crippen LogP contribution in [0.4, 0.5) is 5.82 Å². The van der Waals surface area contributed by atoms with Gasteiger partial charge in [0.15, 0.2) is 0 Å². The highest BCUT2D eigenvalue weighted by molar-refractivity contribution is 14.1. The maximum Gasteiger partial charge on any atom is 0.145 e. The summed E-state index contributed by atoms with van der Waals surface area (Å²) in [5.74, 6) is 0.572. The molecule has 0 amide bonds. The predicted octanol–water partition coefficient (Wildman–Crippen LogP) is 1.03. The molecule has 0 radical (unpaired) electrons. The van der Waals surface area contributed by atoms with Gasteiger partial charge in [0.25, 0.3) is 0 Å². The summed E-state index contributed by atoms with van der Waals surface area (Å²) in [6.07, 6.45) is 3.72. The number of aromatic nitrogens is 4. The first-order valence-electron chi connectivity index (χ1n) is 3.98. The highest BCUT2D eigenvalue weighted by Gasteiger charge is 1.84. The summed E-state index contributed by atoms with van der Waals surface area (Å²) in [5.41, 5.74) is 5.25. The van der Waals surface area contributed by atoms with Gasteiger partial charge in [-0.3, -0.25) is 9.36 Å². The first kappa shape index (κ1) is 11.0. The van der Waals surface area contributed by atoms with E-state index >= 15 is 0 Å². The van der Waals surface area contributed by atoms with Crippen molar-refractivity contribution >= 4 is 28.4 Å². The van der Waals surface area contributed by atoms with Gasteiger partial charge in [0.2, 0.25) is 0 Å². The molecule has 76 valence electrons. The third-order valence-corrected chi connectivity index (χ3v) is 1.99. The van der Waals surface area contributed by atoms with Crippen LogP contribution >= 0.6 is 22.6 Å². The fraction of sp³-hybridized carbons (Fsp3) is 0.250. The van der Waals surface area contributed by atoms with Crippen LogP contribution in [-0.4, -0.2) is 19.6 Å². The van der Waals surface area contributed by atoms with Crippen LogP contribution < -0.4 is 5.73 Å². The molecule has 2 aromatic heterocycles. The molecule has 0 spiro atoms. The lowest BCUT2D eigenvalue weighted by atomic mass is 10.7. The molecule has 2 aromatic rings. The Hall–Kier alpha value is -1.05. The SMILES string of the molecule is Cn1ccc(I)n1.Cn1ccc(N)n1. The van der Waals surface area contributed by atoms with E-state index in [4.69, 9.17) is 5.73 Å². The fourth-order valence-electron chi connectivity index (χ4n) is 0.820. The van der Waals surface area contributed by atoms with Gasteiger partial charge in [-0.2, -0.15) is 10.2 Å². The molecule has 2 heterocycles. The highest BCUT2D eigenvalue weighted by Crippen LogP contribution is 1.95. The van der Waals surface area contributed by atoms with Crippen LogP contribution in [-0.2, 0) is 14.1 Å². The minimum Gasteiger partial charge on any atom is -0.382 e. The van der Waals surface area contributed by atoms with Crippen LogP contribution in [0.3, 0.4) is 0 Å². The summed E-state index contributed by atoms with van der Waals surface area (Å²) in [6, 6.07) is 3.71. The van der Waals surface area contributed by atoms with Crippen molar-refractivity contribution in [2.75, 3.05) is 5.73 Å². The summed E-state index contributed by atoms with van der Waals surface area (Å²) in [4.78, 5) is 0. The van der Waals surface area contributed by atoms with E-state index in [-0.39, 0.29) is 0 Å². The number of rotatable bonds is 0. The molecule has 0 atom stereocenters. The Kier molecular flexibility index (Phi) is 3.93. The van der Waals surface area contributed by atoms with E-state index in [1.807, 2.05) is 26.4 Å². The van der Waals surface area contributed by atoms with E-state index in [1.54, 1.807) is 21.6 Å². The zero-order valence-electron chi connectivity index (χ0n) is 8.05. The molecule has 2 N–H and O–H groups in total. The van der Waals surface area contributed by atoms with Crippen molar-refractivity contribution in [2.24, 2.45) is 14.1 Å². The lowest BCUT2D eigenvalue weighted by Crippen LogP contribution is -1.89. The van der Waals surface area contributed by atoms with Crippen molar-refractivity contribution in [2.45, 2.75) is 0 Å². The van der Waals surface area contributed by atoms with Crippen molar-refractivity contribution in [3.05, 3.63) is 28.2 Å². The van der Waals surface area contributed by atoms with Gasteiger partial charge in [0.1, 0.15) is 9.52 Å². The molecule has 0 aromatic carbocycles. The average molecular weight is 305 g/mol. The number of aryl methyl sites for hydroxylation is 2. The Morgan fingerprint density at radius 2 is 1.71 bits per heavy atom. The number of hydrogen-bond acceptors (Lipinski definition) is 3. The van der Waals surface area contributed by atoms with Gasteiger partial charge in [0.05, 0.1) is 0 Å². The van der Waals surface area contributed by atoms with E-state index in [9.17, 15) is 0 Å². The van der Waals surface area contributed by atoms with Crippen LogP contribution in [0.5, 0.6) is 0 Å². The standard InChI is InChI=1S/C4H5IN2.C4H7N3/c2*1-7-3-2-4(5)6-7/h2-3H,1H3;2-3H,1H3,(H2,5,6). The van der Waals surface area contributed by atoms with Crippen LogP contribution in [0.25, 0.3) is 0 Å². The molecule has 0 unspecified atom stereocenters. The Balaban J connectivity index is 0.000000140. The zero-order chi connectivity index (χ0) is 10.6. The second kappa shape index (κ2) is 4.99. The van der Waals surface area contributed by atoms with Crippen molar-refractivity contribution in [3.63, 3.8) is 0 Å². The monoisotopic (exact) mass is 305 g/mol. The molecule has 0 saturated carbocycles. The van der Waals surface area contributed by atoms with E-state index in [1.165, 1.54) is 0 Å². The Bertz CT molecular complexity index is 321. The largest absolute Gasteiger partial charge is 0.382 e. The summed E-state index contributed by atoms with van der Waals surface area (Å²) in [6.45, 7) is 0. The molecule has 0 saturated heterocycles. The third kappa shape index (κ3) is 3.77. The number of anilines is 1. The topological polar surface area (TPSA) is 61.7 Å². The van der Waals surface area contributed by atoms with E-state index in [0.29, 0.717) is 5.82 Å². The lowest BCUT2D eigenvalue weighted by molar-refractivity contribution is 0.760. The summed E-state index contributed by atoms with van der Waals surface area (Å²) in [5, 5.41) is 7.82. The summed E-state index contributed by atoms with van der Waals surface area (Å²) in [7, 11) is 3.73. The van der Waals surface area contributed by atoms with Crippen LogP contribution in [0.1, 0.15) is 0 Å². The number of hydrogen-bond donors (Lipinski definition) is 1. The highest BCUT2D eigenvalue weighted by atomic mass is 127. The Labute approximate surface area is 96.0 Å². The molecule has 0 aliphatic heterocycles. The van der Waals surface area contributed by atoms with E-state index in [0.717, 1.165) is 3.70 Å². The molecule has 0 bridgehead atoms. The number of halogens is 1. The maximum absolute atomic E-state index is 5.25. The first-order chi connectivity index (χ1) is 6.58. The van der Waals surface area contributed by atoms with Crippen LogP contribution in [0.2, 0.25) is 0 Å². The second-order valence-corrected chi connectivity index (χ2v) is 3.83. The number of nitrogen functional groups attached to an aromatic ring is 1. The lowest BCUT2D eigenvalue weighted by Gasteiger charge is -1.79. The van der Waals surface area contributed by atoms with Crippen molar-refractivity contribution in [3.8, 4) is 0 Å². The van der Waals surface area contributed by atoms with Gasteiger partial charge in [-0.15, -0.1) is 0 Å². The molecule has 5 nitrogen and oxygen atoms in total. The van der Waals surface area contributed by atoms with Gasteiger partial charge in [-0.25, -0.2) is 0 Å². The zero-order valence-corrected chi connectivity index (χ0v) is 10.2. The second-order valence-electron chi connectivity index (χ2n) is 2.73. The number of nitrogens with zero attached hydrogens (tertiary/aromatic N) is 4. The summed E-state index contributed by atoms with van der Waals surface area (Å²) < 4.78 is 4.48. The van der Waals surface area contributed by atoms with Crippen molar-refractivity contribution < 1.29 is 0 Å². The van der Waals surface area contributed by atoms with Gasteiger partial charge in [-0.1, -0.05) is 0 Å². The van der Waals surface area contributed by atoms with E-state index in [2.05, 4.69) is 32.8 Å². The third-order valence-electron chi connectivity index (χ3n) is 1.42. The Morgan fingerprint density at radius 3 is 1.86 bits per heavy atom. The minimum absolute atomic E-state index is 0.572. The average Bonchev–Trinajstić information content (AvgIpc) is 2.63. The quantitative estimate of drug-likeness (QED) is 0.740.